The summed E-state index contributed by atoms with van der Waals surface area (Å²) in [6.45, 7) is 5.99. The van der Waals surface area contributed by atoms with Gasteiger partial charge in [0, 0.05) is 12.6 Å². The van der Waals surface area contributed by atoms with E-state index in [0.29, 0.717) is 6.54 Å². The van der Waals surface area contributed by atoms with E-state index in [1.165, 1.54) is 12.1 Å². The zero-order valence-electron chi connectivity index (χ0n) is 17.0. The average Bonchev–Trinajstić information content (AvgIpc) is 3.31. The van der Waals surface area contributed by atoms with Gasteiger partial charge in [0.1, 0.15) is 0 Å². The van der Waals surface area contributed by atoms with Gasteiger partial charge in [-0.2, -0.15) is 16.8 Å². The second kappa shape index (κ2) is 11.1. The summed E-state index contributed by atoms with van der Waals surface area (Å²) in [5.41, 5.74) is 0. The van der Waals surface area contributed by atoms with Crippen LogP contribution in [0.3, 0.4) is 0 Å². The van der Waals surface area contributed by atoms with Crippen molar-refractivity contribution in [3.63, 3.8) is 0 Å². The van der Waals surface area contributed by atoms with E-state index in [2.05, 4.69) is 15.1 Å². The van der Waals surface area contributed by atoms with Crippen LogP contribution in [0.1, 0.15) is 54.7 Å². The van der Waals surface area contributed by atoms with E-state index in [1.807, 2.05) is 6.92 Å². The van der Waals surface area contributed by atoms with Crippen molar-refractivity contribution in [1.82, 2.24) is 10.6 Å². The number of hydrogen-bond acceptors (Lipinski definition) is 8. The summed E-state index contributed by atoms with van der Waals surface area (Å²) in [6.07, 6.45) is 1.77. The monoisotopic (exact) mass is 480 g/mol. The van der Waals surface area contributed by atoms with Gasteiger partial charge in [-0.15, -0.1) is 0 Å². The number of unbranched alkanes of at least 4 members (excludes halogenated alkanes) is 1. The molecule has 0 atom stereocenters. The van der Waals surface area contributed by atoms with Crippen molar-refractivity contribution in [2.75, 3.05) is 6.54 Å². The molecule has 14 heteroatoms. The lowest BCUT2D eigenvalue weighted by molar-refractivity contribution is 0.0905. The van der Waals surface area contributed by atoms with Crippen LogP contribution in [0.25, 0.3) is 0 Å². The van der Waals surface area contributed by atoms with Gasteiger partial charge in [-0.25, -0.2) is 0 Å². The van der Waals surface area contributed by atoms with Gasteiger partial charge >= 0.3 is 20.2 Å². The first-order valence-electron chi connectivity index (χ1n) is 8.99. The van der Waals surface area contributed by atoms with Gasteiger partial charge in [0.2, 0.25) is 10.2 Å². The van der Waals surface area contributed by atoms with Gasteiger partial charge in [0.25, 0.3) is 11.8 Å². The molecule has 0 spiro atoms. The predicted molar refractivity (Wildman–Crippen MR) is 107 cm³/mol. The molecule has 0 aromatic carbocycles. The summed E-state index contributed by atoms with van der Waals surface area (Å²) in [5, 5.41) is 3.80. The smallest absolute Gasteiger partial charge is 0.328 e. The van der Waals surface area contributed by atoms with Gasteiger partial charge in [-0.3, -0.25) is 18.7 Å². The zero-order valence-corrected chi connectivity index (χ0v) is 18.6. The van der Waals surface area contributed by atoms with Gasteiger partial charge < -0.3 is 19.5 Å². The first-order valence-corrected chi connectivity index (χ1v) is 11.9. The Morgan fingerprint density at radius 3 is 1.71 bits per heavy atom. The van der Waals surface area contributed by atoms with Gasteiger partial charge in [0.05, 0.1) is 0 Å². The van der Waals surface area contributed by atoms with E-state index >= 15 is 0 Å². The highest BCUT2D eigenvalue weighted by Gasteiger charge is 2.19. The summed E-state index contributed by atoms with van der Waals surface area (Å²) in [4.78, 5) is 22.7. The second-order valence-electron chi connectivity index (χ2n) is 6.43. The van der Waals surface area contributed by atoms with Gasteiger partial charge in [0.15, 0.2) is 11.5 Å². The lowest BCUT2D eigenvalue weighted by Gasteiger charge is -2.05. The lowest BCUT2D eigenvalue weighted by Crippen LogP contribution is -2.29. The Hall–Kier alpha value is -2.68. The standard InChI is InChI=1S/C9H13NO5S.C8H11NO5S/c1-2-3-6-10-9(11)7-4-5-8(15-7)16(12,13)14;1-5(2)9-8(10)6-3-4-7(14-6)15(11,12)13/h4-5H,2-3,6H2,1H3,(H,10,11)(H,12,13,14);3-5H,1-2H3,(H,9,10)(H,11,12,13). The van der Waals surface area contributed by atoms with Crippen molar-refractivity contribution in [1.29, 1.82) is 0 Å². The molecule has 174 valence electrons. The molecule has 0 saturated heterocycles. The fourth-order valence-electron chi connectivity index (χ4n) is 1.96. The largest absolute Gasteiger partial charge is 0.437 e. The molecule has 2 heterocycles. The van der Waals surface area contributed by atoms with Crippen molar-refractivity contribution in [2.24, 2.45) is 0 Å². The van der Waals surface area contributed by atoms with E-state index in [9.17, 15) is 26.4 Å². The molecule has 0 bridgehead atoms. The Kier molecular flexibility index (Phi) is 9.42. The molecule has 0 aliphatic carbocycles. The van der Waals surface area contributed by atoms with Crippen LogP contribution in [-0.2, 0) is 20.2 Å². The van der Waals surface area contributed by atoms with Crippen molar-refractivity contribution < 1.29 is 44.4 Å². The fourth-order valence-corrected chi connectivity index (χ4v) is 2.83. The maximum atomic E-state index is 11.4. The minimum absolute atomic E-state index is 0.0863. The van der Waals surface area contributed by atoms with Crippen molar-refractivity contribution in [3.05, 3.63) is 35.8 Å². The minimum atomic E-state index is -4.39. The van der Waals surface area contributed by atoms with Crippen LogP contribution in [0.2, 0.25) is 0 Å². The third-order valence-corrected chi connectivity index (χ3v) is 4.81. The zero-order chi connectivity index (χ0) is 23.8. The molecule has 0 aliphatic heterocycles. The molecular weight excluding hydrogens is 456 g/mol. The average molecular weight is 481 g/mol. The molecule has 2 aromatic heterocycles. The lowest BCUT2D eigenvalue weighted by atomic mass is 10.3. The number of carbonyl (C=O) groups is 2. The molecule has 31 heavy (non-hydrogen) atoms. The normalized spacial score (nSPS) is 11.5. The highest BCUT2D eigenvalue weighted by Crippen LogP contribution is 2.14. The minimum Gasteiger partial charge on any atom is -0.437 e. The first kappa shape index (κ1) is 26.4. The Balaban J connectivity index is 0.000000311. The molecule has 4 N–H and O–H groups in total. The topological polar surface area (TPSA) is 193 Å². The van der Waals surface area contributed by atoms with Crippen LogP contribution in [0.15, 0.2) is 43.3 Å². The van der Waals surface area contributed by atoms with Crippen molar-refractivity contribution in [3.8, 4) is 0 Å². The Morgan fingerprint density at radius 1 is 0.903 bits per heavy atom. The number of carbonyl (C=O) groups excluding carboxylic acids is 2. The maximum absolute atomic E-state index is 11.4. The van der Waals surface area contributed by atoms with E-state index in [4.69, 9.17) is 13.5 Å². The summed E-state index contributed by atoms with van der Waals surface area (Å²) < 4.78 is 69.2. The van der Waals surface area contributed by atoms with Crippen molar-refractivity contribution >= 4 is 32.1 Å². The molecule has 0 radical (unpaired) electrons. The third-order valence-electron chi connectivity index (χ3n) is 3.35. The molecule has 0 aliphatic rings. The van der Waals surface area contributed by atoms with Crippen LogP contribution >= 0.6 is 0 Å². The number of furan rings is 2. The summed E-state index contributed by atoms with van der Waals surface area (Å²) in [5.74, 6) is -1.32. The Labute approximate surface area is 179 Å². The summed E-state index contributed by atoms with van der Waals surface area (Å²) in [6, 6.07) is 4.34. The number of rotatable bonds is 8. The molecule has 0 unspecified atom stereocenters. The quantitative estimate of drug-likeness (QED) is 0.319. The SMILES string of the molecule is CC(C)NC(=O)c1ccc(S(=O)(=O)O)o1.CCCCNC(=O)c1ccc(S(=O)(=O)O)o1. The Bertz CT molecular complexity index is 1100. The van der Waals surface area contributed by atoms with Crippen molar-refractivity contribution in [2.45, 2.75) is 49.8 Å². The summed E-state index contributed by atoms with van der Waals surface area (Å²) in [7, 11) is -8.78. The van der Waals surface area contributed by atoms with Crippen LogP contribution in [0, 0.1) is 0 Å². The highest BCUT2D eigenvalue weighted by molar-refractivity contribution is 7.85. The highest BCUT2D eigenvalue weighted by atomic mass is 32.2. The molecule has 12 nitrogen and oxygen atoms in total. The van der Waals surface area contributed by atoms with Gasteiger partial charge in [-0.1, -0.05) is 13.3 Å². The second-order valence-corrected chi connectivity index (χ2v) is 9.13. The van der Waals surface area contributed by atoms with Crippen LogP contribution < -0.4 is 10.6 Å². The number of hydrogen-bond donors (Lipinski definition) is 4. The number of nitrogens with one attached hydrogen (secondary N) is 2. The molecular formula is C17H24N2O10S2. The molecule has 0 saturated carbocycles. The van der Waals surface area contributed by atoms with E-state index < -0.39 is 42.2 Å². The first-order chi connectivity index (χ1) is 14.3. The van der Waals surface area contributed by atoms with Crippen LogP contribution in [0.5, 0.6) is 0 Å². The van der Waals surface area contributed by atoms with E-state index in [-0.39, 0.29) is 17.6 Å². The third kappa shape index (κ3) is 8.92. The molecule has 2 amide bonds. The van der Waals surface area contributed by atoms with Crippen LogP contribution in [-0.4, -0.2) is 50.3 Å². The Morgan fingerprint density at radius 2 is 1.35 bits per heavy atom. The fraction of sp³-hybridized carbons (Fsp3) is 0.412. The summed E-state index contributed by atoms with van der Waals surface area (Å²) >= 11 is 0. The van der Waals surface area contributed by atoms with Gasteiger partial charge in [-0.05, 0) is 44.5 Å². The van der Waals surface area contributed by atoms with E-state index in [1.54, 1.807) is 13.8 Å². The number of amides is 2. The predicted octanol–water partition coefficient (Wildman–Crippen LogP) is 1.72. The van der Waals surface area contributed by atoms with E-state index in [0.717, 1.165) is 25.0 Å². The molecule has 0 fully saturated rings. The molecule has 2 aromatic rings. The van der Waals surface area contributed by atoms with Crippen LogP contribution in [0.4, 0.5) is 0 Å². The molecule has 2 rings (SSSR count). The maximum Gasteiger partial charge on any atom is 0.328 e.